The van der Waals surface area contributed by atoms with E-state index in [2.05, 4.69) is 30.2 Å². The Morgan fingerprint density at radius 1 is 1.33 bits per heavy atom. The van der Waals surface area contributed by atoms with Crippen LogP contribution in [0.2, 0.25) is 0 Å². The van der Waals surface area contributed by atoms with Crippen LogP contribution in [0.25, 0.3) is 16.0 Å². The highest BCUT2D eigenvalue weighted by molar-refractivity contribution is 7.98. The average Bonchev–Trinajstić information content (AvgIpc) is 2.93. The Kier molecular flexibility index (Phi) is 3.37. The van der Waals surface area contributed by atoms with Gasteiger partial charge in [-0.25, -0.2) is 14.2 Å². The summed E-state index contributed by atoms with van der Waals surface area (Å²) in [6.45, 7) is 7.08. The fourth-order valence-electron chi connectivity index (χ4n) is 1.77. The third-order valence-corrected chi connectivity index (χ3v) is 3.73. The molecule has 104 valence electrons. The van der Waals surface area contributed by atoms with Crippen LogP contribution < -0.4 is 5.73 Å². The van der Waals surface area contributed by atoms with Crippen LogP contribution in [0.3, 0.4) is 0 Å². The van der Waals surface area contributed by atoms with Crippen LogP contribution in [-0.4, -0.2) is 25.4 Å². The van der Waals surface area contributed by atoms with Crippen molar-refractivity contribution in [3.8, 4) is 0 Å². The van der Waals surface area contributed by atoms with Crippen LogP contribution in [0.4, 0.5) is 16.0 Å². The summed E-state index contributed by atoms with van der Waals surface area (Å²) in [6.07, 6.45) is 0. The normalized spacial score (nSPS) is 10.7. The second-order valence-electron chi connectivity index (χ2n) is 4.02. The molecule has 0 radical (unpaired) electrons. The van der Waals surface area contributed by atoms with Gasteiger partial charge in [-0.15, -0.1) is 16.9 Å². The molecule has 0 bridgehead atoms. The van der Waals surface area contributed by atoms with Crippen molar-refractivity contribution in [3.05, 3.63) is 41.0 Å². The lowest BCUT2D eigenvalue weighted by atomic mass is 10.2. The van der Waals surface area contributed by atoms with Crippen molar-refractivity contribution in [3.63, 3.8) is 0 Å². The van der Waals surface area contributed by atoms with Crippen LogP contribution in [0.1, 0.15) is 5.56 Å². The highest BCUT2D eigenvalue weighted by atomic mass is 32.2. The molecule has 0 unspecified atom stereocenters. The Bertz CT molecular complexity index is 854. The molecule has 7 nitrogen and oxygen atoms in total. The molecule has 3 rings (SSSR count). The number of thioether (sulfide) groups is 1. The fourth-order valence-corrected chi connectivity index (χ4v) is 2.77. The molecule has 0 aliphatic carbocycles. The summed E-state index contributed by atoms with van der Waals surface area (Å²) in [5.41, 5.74) is 7.02. The molecule has 0 aliphatic rings. The lowest BCUT2D eigenvalue weighted by Crippen LogP contribution is -1.97. The lowest BCUT2D eigenvalue weighted by molar-refractivity contribution is 0.618. The summed E-state index contributed by atoms with van der Waals surface area (Å²) in [6, 6.07) is 4.41. The SMILES string of the molecule is [C-]#[N+]c1cccc(F)c1CSc1nc(N)nc2n[nH]nc12. The van der Waals surface area contributed by atoms with E-state index in [-0.39, 0.29) is 17.4 Å². The van der Waals surface area contributed by atoms with Gasteiger partial charge in [-0.1, -0.05) is 12.1 Å². The minimum atomic E-state index is -0.422. The maximum atomic E-state index is 13.8. The number of hydrogen-bond acceptors (Lipinski definition) is 6. The molecule has 3 N–H and O–H groups in total. The zero-order chi connectivity index (χ0) is 14.8. The molecule has 0 saturated carbocycles. The second kappa shape index (κ2) is 5.34. The number of halogens is 1. The molecule has 21 heavy (non-hydrogen) atoms. The van der Waals surface area contributed by atoms with Gasteiger partial charge in [0.2, 0.25) is 11.6 Å². The van der Waals surface area contributed by atoms with E-state index in [0.717, 1.165) is 0 Å². The first-order valence-electron chi connectivity index (χ1n) is 5.80. The number of benzene rings is 1. The maximum absolute atomic E-state index is 13.8. The molecule has 0 amide bonds. The monoisotopic (exact) mass is 301 g/mol. The molecule has 0 spiro atoms. The van der Waals surface area contributed by atoms with Gasteiger partial charge in [-0.05, 0) is 6.07 Å². The second-order valence-corrected chi connectivity index (χ2v) is 4.98. The van der Waals surface area contributed by atoms with E-state index in [0.29, 0.717) is 21.8 Å². The van der Waals surface area contributed by atoms with E-state index < -0.39 is 5.82 Å². The van der Waals surface area contributed by atoms with E-state index in [1.807, 2.05) is 0 Å². The molecular formula is C12H8FN7S. The summed E-state index contributed by atoms with van der Waals surface area (Å²) in [5, 5.41) is 10.7. The maximum Gasteiger partial charge on any atom is 0.223 e. The van der Waals surface area contributed by atoms with Gasteiger partial charge in [0.05, 0.1) is 6.57 Å². The molecule has 1 aromatic carbocycles. The molecule has 2 heterocycles. The first-order valence-corrected chi connectivity index (χ1v) is 6.79. The summed E-state index contributed by atoms with van der Waals surface area (Å²) in [7, 11) is 0. The number of aromatic nitrogens is 5. The first kappa shape index (κ1) is 13.3. The van der Waals surface area contributed by atoms with E-state index in [1.165, 1.54) is 23.9 Å². The Morgan fingerprint density at radius 3 is 3.00 bits per heavy atom. The van der Waals surface area contributed by atoms with E-state index in [4.69, 9.17) is 12.3 Å². The van der Waals surface area contributed by atoms with Gasteiger partial charge in [-0.2, -0.15) is 15.3 Å². The fraction of sp³-hybridized carbons (Fsp3) is 0.0833. The van der Waals surface area contributed by atoms with E-state index >= 15 is 0 Å². The first-order chi connectivity index (χ1) is 10.2. The molecule has 0 atom stereocenters. The van der Waals surface area contributed by atoms with Crippen LogP contribution in [0, 0.1) is 12.4 Å². The summed E-state index contributed by atoms with van der Waals surface area (Å²) in [5.74, 6) is -0.115. The summed E-state index contributed by atoms with van der Waals surface area (Å²) in [4.78, 5) is 11.3. The number of anilines is 1. The number of H-pyrrole nitrogens is 1. The molecular weight excluding hydrogens is 293 g/mol. The number of fused-ring (bicyclic) bond motifs is 1. The van der Waals surface area contributed by atoms with E-state index in [1.54, 1.807) is 6.07 Å². The van der Waals surface area contributed by atoms with Crippen molar-refractivity contribution in [2.75, 3.05) is 5.73 Å². The number of nitrogen functional groups attached to an aromatic ring is 1. The number of hydrogen-bond donors (Lipinski definition) is 2. The van der Waals surface area contributed by atoms with Crippen molar-refractivity contribution in [2.24, 2.45) is 0 Å². The minimum Gasteiger partial charge on any atom is -0.368 e. The van der Waals surface area contributed by atoms with Gasteiger partial charge in [0.1, 0.15) is 10.8 Å². The molecule has 9 heteroatoms. The summed E-state index contributed by atoms with van der Waals surface area (Å²) < 4.78 is 13.8. The third kappa shape index (κ3) is 2.48. The van der Waals surface area contributed by atoms with Crippen molar-refractivity contribution < 1.29 is 4.39 Å². The Labute approximate surface area is 122 Å². The van der Waals surface area contributed by atoms with Crippen LogP contribution in [0.5, 0.6) is 0 Å². The number of nitrogens with two attached hydrogens (primary N) is 1. The van der Waals surface area contributed by atoms with Crippen molar-refractivity contribution >= 4 is 34.6 Å². The number of rotatable bonds is 3. The number of aromatic amines is 1. The quantitative estimate of drug-likeness (QED) is 0.437. The van der Waals surface area contributed by atoms with Gasteiger partial charge in [0.25, 0.3) is 0 Å². The van der Waals surface area contributed by atoms with Crippen molar-refractivity contribution in [2.45, 2.75) is 10.8 Å². The number of nitrogens with zero attached hydrogens (tertiary/aromatic N) is 5. The Hall–Kier alpha value is -2.73. The topological polar surface area (TPSA) is 97.7 Å². The standard InChI is InChI=1S/C12H8FN7S/c1-15-8-4-2-3-7(13)6(8)5-21-11-9-10(19-20-18-9)16-12(14)17-11/h2-4H,5H2,(H3,14,16,17,18,19,20). The molecule has 0 fully saturated rings. The molecule has 2 aromatic heterocycles. The smallest absolute Gasteiger partial charge is 0.223 e. The Morgan fingerprint density at radius 2 is 2.19 bits per heavy atom. The Balaban J connectivity index is 1.94. The molecule has 0 saturated heterocycles. The van der Waals surface area contributed by atoms with Crippen molar-refractivity contribution in [1.29, 1.82) is 0 Å². The zero-order valence-corrected chi connectivity index (χ0v) is 11.4. The van der Waals surface area contributed by atoms with Gasteiger partial charge >= 0.3 is 0 Å². The van der Waals surface area contributed by atoms with E-state index in [9.17, 15) is 4.39 Å². The highest BCUT2D eigenvalue weighted by Crippen LogP contribution is 2.31. The number of nitrogens with one attached hydrogen (secondary N) is 1. The minimum absolute atomic E-state index is 0.0674. The van der Waals surface area contributed by atoms with Gasteiger partial charge in [-0.3, -0.25) is 0 Å². The molecule has 0 aliphatic heterocycles. The predicted octanol–water partition coefficient (Wildman–Crippen LogP) is 2.31. The highest BCUT2D eigenvalue weighted by Gasteiger charge is 2.14. The zero-order valence-electron chi connectivity index (χ0n) is 10.5. The van der Waals surface area contributed by atoms with Crippen LogP contribution in [0.15, 0.2) is 23.2 Å². The van der Waals surface area contributed by atoms with Crippen LogP contribution >= 0.6 is 11.8 Å². The van der Waals surface area contributed by atoms with Gasteiger partial charge in [0, 0.05) is 11.3 Å². The van der Waals surface area contributed by atoms with Gasteiger partial charge in [0.15, 0.2) is 11.2 Å². The largest absolute Gasteiger partial charge is 0.368 e. The lowest BCUT2D eigenvalue weighted by Gasteiger charge is -2.05. The average molecular weight is 301 g/mol. The van der Waals surface area contributed by atoms with Crippen molar-refractivity contribution in [1.82, 2.24) is 25.4 Å². The molecule has 3 aromatic rings. The predicted molar refractivity (Wildman–Crippen MR) is 76.1 cm³/mol. The van der Waals surface area contributed by atoms with Gasteiger partial charge < -0.3 is 5.73 Å². The summed E-state index contributed by atoms with van der Waals surface area (Å²) >= 11 is 1.23. The van der Waals surface area contributed by atoms with Crippen LogP contribution in [-0.2, 0) is 5.75 Å². The third-order valence-electron chi connectivity index (χ3n) is 2.74.